The van der Waals surface area contributed by atoms with E-state index in [0.717, 1.165) is 69.6 Å². The number of hydrogen-bond acceptors (Lipinski definition) is 7. The average molecular weight is 522 g/mol. The number of anilines is 1. The molecule has 2 saturated heterocycles. The van der Waals surface area contributed by atoms with Gasteiger partial charge >= 0.3 is 12.1 Å². The lowest BCUT2D eigenvalue weighted by Crippen LogP contribution is -2.36. The van der Waals surface area contributed by atoms with Gasteiger partial charge in [0.15, 0.2) is 11.5 Å². The van der Waals surface area contributed by atoms with Crippen molar-refractivity contribution in [3.05, 3.63) is 54.0 Å². The summed E-state index contributed by atoms with van der Waals surface area (Å²) in [4.78, 5) is 18.6. The molecule has 9 nitrogen and oxygen atoms in total. The van der Waals surface area contributed by atoms with Crippen LogP contribution in [0.4, 0.5) is 18.9 Å². The number of carbonyl (C=O) groups is 1. The molecular formula is C25H30F3N5O4. The van der Waals surface area contributed by atoms with Crippen LogP contribution >= 0.6 is 0 Å². The van der Waals surface area contributed by atoms with Crippen LogP contribution in [0.5, 0.6) is 5.75 Å². The highest BCUT2D eigenvalue weighted by atomic mass is 19.4. The molecule has 0 bridgehead atoms. The van der Waals surface area contributed by atoms with Crippen LogP contribution in [0.25, 0.3) is 5.65 Å². The number of aromatic nitrogens is 3. The first-order chi connectivity index (χ1) is 17.7. The Hall–Kier alpha value is -3.38. The smallest absolute Gasteiger partial charge is 0.490 e. The zero-order chi connectivity index (χ0) is 26.4. The van der Waals surface area contributed by atoms with Crippen molar-refractivity contribution < 1.29 is 32.5 Å². The van der Waals surface area contributed by atoms with Crippen LogP contribution in [0, 0.1) is 0 Å². The number of carboxylic acids is 1. The number of aliphatic carboxylic acids is 1. The molecule has 0 amide bonds. The Balaban J connectivity index is 0.000000405. The Kier molecular flexibility index (Phi) is 8.49. The van der Waals surface area contributed by atoms with Gasteiger partial charge in [0.25, 0.3) is 0 Å². The summed E-state index contributed by atoms with van der Waals surface area (Å²) >= 11 is 0. The van der Waals surface area contributed by atoms with Gasteiger partial charge in [0.2, 0.25) is 0 Å². The van der Waals surface area contributed by atoms with Crippen molar-refractivity contribution in [1.29, 1.82) is 0 Å². The van der Waals surface area contributed by atoms with E-state index in [-0.39, 0.29) is 0 Å². The van der Waals surface area contributed by atoms with Gasteiger partial charge in [0.1, 0.15) is 5.75 Å². The van der Waals surface area contributed by atoms with E-state index in [1.807, 2.05) is 16.6 Å². The normalized spacial score (nSPS) is 18.8. The van der Waals surface area contributed by atoms with Gasteiger partial charge in [-0.2, -0.15) is 18.3 Å². The molecule has 0 saturated carbocycles. The predicted octanol–water partition coefficient (Wildman–Crippen LogP) is 3.59. The molecule has 1 N–H and O–H groups in total. The summed E-state index contributed by atoms with van der Waals surface area (Å²) in [6.07, 6.45) is -0.656. The van der Waals surface area contributed by atoms with Crippen molar-refractivity contribution in [3.63, 3.8) is 0 Å². The van der Waals surface area contributed by atoms with Crippen LogP contribution in [0.2, 0.25) is 0 Å². The quantitative estimate of drug-likeness (QED) is 0.545. The summed E-state index contributed by atoms with van der Waals surface area (Å²) in [5.41, 5.74) is 3.43. The summed E-state index contributed by atoms with van der Waals surface area (Å²) in [5, 5.41) is 12.0. The first kappa shape index (κ1) is 26.7. The number of halogens is 3. The lowest BCUT2D eigenvalue weighted by atomic mass is 9.97. The van der Waals surface area contributed by atoms with E-state index in [1.165, 1.54) is 17.7 Å². The fourth-order valence-corrected chi connectivity index (χ4v) is 4.47. The lowest BCUT2D eigenvalue weighted by molar-refractivity contribution is -0.192. The predicted molar refractivity (Wildman–Crippen MR) is 130 cm³/mol. The van der Waals surface area contributed by atoms with Gasteiger partial charge in [-0.25, -0.2) is 14.3 Å². The van der Waals surface area contributed by atoms with Gasteiger partial charge in [0.05, 0.1) is 32.2 Å². The molecule has 2 aromatic heterocycles. The van der Waals surface area contributed by atoms with Crippen LogP contribution in [0.3, 0.4) is 0 Å². The summed E-state index contributed by atoms with van der Waals surface area (Å²) in [7, 11) is 1.70. The zero-order valence-corrected chi connectivity index (χ0v) is 20.5. The summed E-state index contributed by atoms with van der Waals surface area (Å²) in [5.74, 6) is -0.509. The monoisotopic (exact) mass is 521 g/mol. The van der Waals surface area contributed by atoms with Crippen LogP contribution in [-0.2, 0) is 16.1 Å². The molecule has 1 unspecified atom stereocenters. The van der Waals surface area contributed by atoms with E-state index < -0.39 is 12.1 Å². The Morgan fingerprint density at radius 3 is 2.49 bits per heavy atom. The number of benzene rings is 1. The number of fused-ring (bicyclic) bond motifs is 1. The largest absolute Gasteiger partial charge is 0.497 e. The lowest BCUT2D eigenvalue weighted by Gasteiger charge is -2.31. The van der Waals surface area contributed by atoms with Crippen LogP contribution < -0.4 is 9.64 Å². The SMILES string of the molecule is COc1ccc(CN2CCCC(c3nc4ccc(N5CCOCC5)cn4n3)C2)cc1.O=C(O)C(F)(F)F. The number of nitrogens with zero attached hydrogens (tertiary/aromatic N) is 5. The Morgan fingerprint density at radius 2 is 1.84 bits per heavy atom. The molecule has 5 rings (SSSR count). The minimum Gasteiger partial charge on any atom is -0.497 e. The van der Waals surface area contributed by atoms with Crippen LogP contribution in [0.1, 0.15) is 30.1 Å². The summed E-state index contributed by atoms with van der Waals surface area (Å²) in [6.45, 7) is 6.50. The standard InChI is InChI=1S/C23H29N5O2.C2HF3O2/c1-29-21-7-4-18(5-8-21)15-26-10-2-3-19(16-26)23-24-22-9-6-20(17-28(22)25-23)27-11-13-30-14-12-27;3-2(4,5)1(6)7/h4-9,17,19H,2-3,10-16H2,1H3;(H,6,7). The molecule has 2 fully saturated rings. The second-order valence-electron chi connectivity index (χ2n) is 8.98. The average Bonchev–Trinajstić information content (AvgIpc) is 3.33. The highest BCUT2D eigenvalue weighted by Crippen LogP contribution is 2.27. The topological polar surface area (TPSA) is 92.4 Å². The molecule has 4 heterocycles. The second-order valence-corrected chi connectivity index (χ2v) is 8.98. The first-order valence-electron chi connectivity index (χ1n) is 12.1. The Labute approximate surface area is 212 Å². The Bertz CT molecular complexity index is 1180. The van der Waals surface area contributed by atoms with Gasteiger partial charge in [-0.15, -0.1) is 0 Å². The van der Waals surface area contributed by atoms with E-state index >= 15 is 0 Å². The van der Waals surface area contributed by atoms with Gasteiger partial charge in [0, 0.05) is 32.1 Å². The first-order valence-corrected chi connectivity index (χ1v) is 12.1. The number of ether oxygens (including phenoxy) is 2. The maximum atomic E-state index is 10.6. The van der Waals surface area contributed by atoms with Gasteiger partial charge in [-0.3, -0.25) is 4.90 Å². The van der Waals surface area contributed by atoms with E-state index in [1.54, 1.807) is 7.11 Å². The number of rotatable bonds is 5. The minimum atomic E-state index is -5.08. The number of pyridine rings is 1. The molecule has 37 heavy (non-hydrogen) atoms. The highest BCUT2D eigenvalue weighted by Gasteiger charge is 2.38. The molecule has 0 radical (unpaired) electrons. The third-order valence-electron chi connectivity index (χ3n) is 6.39. The minimum absolute atomic E-state index is 0.378. The number of piperidine rings is 1. The van der Waals surface area contributed by atoms with Crippen molar-refractivity contribution in [3.8, 4) is 5.75 Å². The number of hydrogen-bond donors (Lipinski definition) is 1. The molecule has 200 valence electrons. The fraction of sp³-hybridized carbons (Fsp3) is 0.480. The molecule has 2 aliphatic heterocycles. The number of carboxylic acid groups (broad SMARTS) is 1. The van der Waals surface area contributed by atoms with E-state index in [4.69, 9.17) is 29.5 Å². The Morgan fingerprint density at radius 1 is 1.14 bits per heavy atom. The molecular weight excluding hydrogens is 491 g/mol. The molecule has 12 heteroatoms. The molecule has 0 spiro atoms. The van der Waals surface area contributed by atoms with Gasteiger partial charge in [-0.1, -0.05) is 12.1 Å². The third-order valence-corrected chi connectivity index (χ3v) is 6.39. The van der Waals surface area contributed by atoms with Crippen molar-refractivity contribution in [2.75, 3.05) is 51.4 Å². The molecule has 1 atom stereocenters. The third kappa shape index (κ3) is 7.10. The summed E-state index contributed by atoms with van der Waals surface area (Å²) in [6, 6.07) is 12.6. The van der Waals surface area contributed by atoms with Gasteiger partial charge < -0.3 is 19.5 Å². The number of methoxy groups -OCH3 is 1. The molecule has 1 aromatic carbocycles. The molecule has 3 aromatic rings. The second kappa shape index (κ2) is 11.8. The maximum absolute atomic E-state index is 10.6. The zero-order valence-electron chi connectivity index (χ0n) is 20.5. The van der Waals surface area contributed by atoms with E-state index in [9.17, 15) is 13.2 Å². The highest BCUT2D eigenvalue weighted by molar-refractivity contribution is 5.73. The maximum Gasteiger partial charge on any atom is 0.490 e. The molecule has 0 aliphatic carbocycles. The fourth-order valence-electron chi connectivity index (χ4n) is 4.47. The molecule has 2 aliphatic rings. The number of likely N-dealkylation sites (tertiary alicyclic amines) is 1. The van der Waals surface area contributed by atoms with Crippen molar-refractivity contribution in [1.82, 2.24) is 19.5 Å². The van der Waals surface area contributed by atoms with E-state index in [0.29, 0.717) is 5.92 Å². The number of alkyl halides is 3. The van der Waals surface area contributed by atoms with Crippen LogP contribution in [-0.4, -0.2) is 83.3 Å². The summed E-state index contributed by atoms with van der Waals surface area (Å²) < 4.78 is 44.4. The van der Waals surface area contributed by atoms with Crippen molar-refractivity contribution in [2.24, 2.45) is 0 Å². The van der Waals surface area contributed by atoms with E-state index in [2.05, 4.69) is 40.3 Å². The number of morpholine rings is 1. The van der Waals surface area contributed by atoms with Crippen molar-refractivity contribution >= 4 is 17.3 Å². The van der Waals surface area contributed by atoms with Gasteiger partial charge in [-0.05, 0) is 49.2 Å². The van der Waals surface area contributed by atoms with Crippen LogP contribution in [0.15, 0.2) is 42.6 Å². The van der Waals surface area contributed by atoms with Crippen molar-refractivity contribution in [2.45, 2.75) is 31.5 Å².